The molecule has 0 saturated heterocycles. The lowest BCUT2D eigenvalue weighted by atomic mass is 9.98. The molecule has 3 amide bonds. The Hall–Kier alpha value is -2.38. The Morgan fingerprint density at radius 2 is 1.48 bits per heavy atom. The van der Waals surface area contributed by atoms with E-state index in [1.54, 1.807) is 13.2 Å². The molecule has 0 bridgehead atoms. The quantitative estimate of drug-likeness (QED) is 0.138. The number of carbonyl (C=O) groups is 5. The molecule has 0 radical (unpaired) electrons. The number of nitrogens with one attached hydrogen (secondary N) is 3. The fourth-order valence-electron chi connectivity index (χ4n) is 2.73. The lowest BCUT2D eigenvalue weighted by molar-refractivity contribution is -0.143. The van der Waals surface area contributed by atoms with E-state index in [9.17, 15) is 34.2 Å². The summed E-state index contributed by atoms with van der Waals surface area (Å²) in [4.78, 5) is 60.0. The number of aliphatic carboxylic acids is 2. The van der Waals surface area contributed by atoms with Crippen molar-refractivity contribution in [2.75, 3.05) is 12.0 Å². The highest BCUT2D eigenvalue weighted by Crippen LogP contribution is 2.08. The van der Waals surface area contributed by atoms with E-state index in [1.165, 1.54) is 18.7 Å². The maximum absolute atomic E-state index is 12.8. The summed E-state index contributed by atoms with van der Waals surface area (Å²) in [5, 5.41) is 35.1. The van der Waals surface area contributed by atoms with E-state index < -0.39 is 66.4 Å². The van der Waals surface area contributed by atoms with Gasteiger partial charge in [0.25, 0.3) is 0 Å². The maximum atomic E-state index is 12.8. The number of carboxylic acids is 2. The molecule has 0 aliphatic carbocycles. The van der Waals surface area contributed by atoms with Gasteiger partial charge in [0, 0.05) is 6.42 Å². The number of aliphatic hydroxyl groups excluding tert-OH is 1. The molecule has 0 heterocycles. The lowest BCUT2D eigenvalue weighted by Gasteiger charge is -2.27. The zero-order valence-corrected chi connectivity index (χ0v) is 20.2. The number of aliphatic hydroxyl groups is 1. The predicted octanol–water partition coefficient (Wildman–Crippen LogP) is -1.10. The smallest absolute Gasteiger partial charge is 0.326 e. The molecule has 0 aliphatic rings. The van der Waals surface area contributed by atoms with Gasteiger partial charge in [0.2, 0.25) is 17.7 Å². The molecule has 0 spiro atoms. The minimum Gasteiger partial charge on any atom is -0.481 e. The minimum absolute atomic E-state index is 0.136. The second-order valence-electron chi connectivity index (χ2n) is 7.81. The van der Waals surface area contributed by atoms with Crippen LogP contribution in [0.5, 0.6) is 0 Å². The molecule has 0 aliphatic heterocycles. The van der Waals surface area contributed by atoms with Crippen molar-refractivity contribution < 1.29 is 39.3 Å². The molecule has 0 fully saturated rings. The van der Waals surface area contributed by atoms with Gasteiger partial charge in [0.15, 0.2) is 0 Å². The second kappa shape index (κ2) is 15.5. The molecule has 0 aromatic heterocycles. The summed E-state index contributed by atoms with van der Waals surface area (Å²) >= 11 is 1.39. The Kier molecular flexibility index (Phi) is 14.3. The van der Waals surface area contributed by atoms with Gasteiger partial charge in [0.1, 0.15) is 18.1 Å². The topological polar surface area (TPSA) is 208 Å². The fourth-order valence-corrected chi connectivity index (χ4v) is 3.20. The first-order chi connectivity index (χ1) is 15.3. The fraction of sp³-hybridized carbons (Fsp3) is 0.750. The largest absolute Gasteiger partial charge is 0.481 e. The molecular formula is C20H36N4O8S. The van der Waals surface area contributed by atoms with Crippen molar-refractivity contribution >= 4 is 41.4 Å². The Balaban J connectivity index is 5.42. The first kappa shape index (κ1) is 30.6. The number of hydrogen-bond donors (Lipinski definition) is 7. The summed E-state index contributed by atoms with van der Waals surface area (Å²) in [5.74, 6) is -4.63. The zero-order valence-electron chi connectivity index (χ0n) is 19.4. The third-order valence-electron chi connectivity index (χ3n) is 5.13. The van der Waals surface area contributed by atoms with Crippen LogP contribution >= 0.6 is 11.8 Å². The molecule has 0 aromatic carbocycles. The molecular weight excluding hydrogens is 456 g/mol. The van der Waals surface area contributed by atoms with Crippen molar-refractivity contribution in [2.45, 2.75) is 76.7 Å². The first-order valence-electron chi connectivity index (χ1n) is 10.6. The van der Waals surface area contributed by atoms with Crippen LogP contribution in [-0.2, 0) is 24.0 Å². The highest BCUT2D eigenvalue weighted by Gasteiger charge is 2.33. The number of nitrogens with two attached hydrogens (primary N) is 1. The molecule has 6 atom stereocenters. The summed E-state index contributed by atoms with van der Waals surface area (Å²) < 4.78 is 0. The summed E-state index contributed by atoms with van der Waals surface area (Å²) in [7, 11) is 0. The molecule has 0 rings (SSSR count). The normalized spacial score (nSPS) is 16.4. The molecule has 33 heavy (non-hydrogen) atoms. The second-order valence-corrected chi connectivity index (χ2v) is 8.80. The average molecular weight is 493 g/mol. The minimum atomic E-state index is -1.46. The Morgan fingerprint density at radius 3 is 1.94 bits per heavy atom. The van der Waals surface area contributed by atoms with Crippen LogP contribution < -0.4 is 21.7 Å². The number of hydrogen-bond acceptors (Lipinski definition) is 8. The van der Waals surface area contributed by atoms with Gasteiger partial charge < -0.3 is 37.0 Å². The molecule has 190 valence electrons. The number of carbonyl (C=O) groups excluding carboxylic acids is 3. The van der Waals surface area contributed by atoms with Crippen LogP contribution in [0.1, 0.15) is 46.5 Å². The van der Waals surface area contributed by atoms with Crippen molar-refractivity contribution in [3.8, 4) is 0 Å². The van der Waals surface area contributed by atoms with E-state index in [2.05, 4.69) is 16.0 Å². The summed E-state index contributed by atoms with van der Waals surface area (Å²) in [6.45, 7) is 4.92. The first-order valence-corrected chi connectivity index (χ1v) is 12.0. The van der Waals surface area contributed by atoms with Gasteiger partial charge in [-0.25, -0.2) is 4.79 Å². The highest BCUT2D eigenvalue weighted by atomic mass is 32.2. The number of rotatable bonds is 16. The molecule has 13 heteroatoms. The molecule has 0 saturated carbocycles. The lowest BCUT2D eigenvalue weighted by Crippen LogP contribution is -2.60. The average Bonchev–Trinajstić information content (AvgIpc) is 2.75. The van der Waals surface area contributed by atoms with Crippen LogP contribution in [0.4, 0.5) is 0 Å². The van der Waals surface area contributed by atoms with Crippen molar-refractivity contribution in [3.05, 3.63) is 0 Å². The van der Waals surface area contributed by atoms with E-state index in [0.717, 1.165) is 0 Å². The third kappa shape index (κ3) is 11.3. The van der Waals surface area contributed by atoms with Crippen molar-refractivity contribution in [1.82, 2.24) is 16.0 Å². The van der Waals surface area contributed by atoms with Gasteiger partial charge in [-0.2, -0.15) is 11.8 Å². The zero-order chi connectivity index (χ0) is 25.7. The highest BCUT2D eigenvalue weighted by molar-refractivity contribution is 7.98. The van der Waals surface area contributed by atoms with E-state index in [4.69, 9.17) is 10.8 Å². The number of amides is 3. The van der Waals surface area contributed by atoms with Gasteiger partial charge in [-0.3, -0.25) is 19.2 Å². The van der Waals surface area contributed by atoms with Gasteiger partial charge >= 0.3 is 11.9 Å². The third-order valence-corrected chi connectivity index (χ3v) is 5.77. The van der Waals surface area contributed by atoms with E-state index >= 15 is 0 Å². The van der Waals surface area contributed by atoms with Crippen LogP contribution in [0, 0.1) is 5.92 Å². The molecule has 12 nitrogen and oxygen atoms in total. The predicted molar refractivity (Wildman–Crippen MR) is 122 cm³/mol. The molecule has 8 N–H and O–H groups in total. The van der Waals surface area contributed by atoms with Crippen LogP contribution in [0.2, 0.25) is 0 Å². The van der Waals surface area contributed by atoms with Crippen molar-refractivity contribution in [3.63, 3.8) is 0 Å². The SMILES string of the molecule is CCC(C)C(N)C(=O)NC(C(=O)NC(CCSC)C(=O)NC(CCC(=O)O)C(=O)O)C(C)O. The monoisotopic (exact) mass is 492 g/mol. The van der Waals surface area contributed by atoms with Crippen LogP contribution in [0.25, 0.3) is 0 Å². The summed E-state index contributed by atoms with van der Waals surface area (Å²) in [6.07, 6.45) is 0.439. The van der Waals surface area contributed by atoms with Crippen molar-refractivity contribution in [2.24, 2.45) is 11.7 Å². The summed E-state index contributed by atoms with van der Waals surface area (Å²) in [5.41, 5.74) is 5.88. The van der Waals surface area contributed by atoms with Crippen molar-refractivity contribution in [1.29, 1.82) is 0 Å². The number of thioether (sulfide) groups is 1. The van der Waals surface area contributed by atoms with E-state index in [0.29, 0.717) is 12.2 Å². The van der Waals surface area contributed by atoms with Gasteiger partial charge in [-0.05, 0) is 37.7 Å². The Bertz CT molecular complexity index is 691. The molecule has 0 aromatic rings. The van der Waals surface area contributed by atoms with Gasteiger partial charge in [-0.1, -0.05) is 20.3 Å². The number of carboxylic acid groups (broad SMARTS) is 2. The standard InChI is InChI=1S/C20H36N4O8S/c1-5-10(2)15(21)18(29)24-16(11(3)25)19(30)22-12(8-9-33-4)17(28)23-13(20(31)32)6-7-14(26)27/h10-13,15-16,25H,5-9,21H2,1-4H3,(H,22,30)(H,23,28)(H,24,29)(H,26,27)(H,31,32). The van der Waals surface area contributed by atoms with Crippen LogP contribution in [0.15, 0.2) is 0 Å². The molecule has 6 unspecified atom stereocenters. The Labute approximate surface area is 197 Å². The van der Waals surface area contributed by atoms with E-state index in [-0.39, 0.29) is 18.8 Å². The van der Waals surface area contributed by atoms with Crippen LogP contribution in [-0.4, -0.2) is 87.3 Å². The summed E-state index contributed by atoms with van der Waals surface area (Å²) in [6, 6.07) is -4.91. The Morgan fingerprint density at radius 1 is 0.909 bits per heavy atom. The van der Waals surface area contributed by atoms with E-state index in [1.807, 2.05) is 6.92 Å². The van der Waals surface area contributed by atoms with Gasteiger partial charge in [0.05, 0.1) is 12.1 Å². The van der Waals surface area contributed by atoms with Gasteiger partial charge in [-0.15, -0.1) is 0 Å². The van der Waals surface area contributed by atoms with Crippen LogP contribution in [0.3, 0.4) is 0 Å². The maximum Gasteiger partial charge on any atom is 0.326 e.